The number of hydrogen-bond donors (Lipinski definition) is 1. The normalized spacial score (nSPS) is 25.9. The van der Waals surface area contributed by atoms with Crippen molar-refractivity contribution < 1.29 is 4.74 Å². The van der Waals surface area contributed by atoms with Gasteiger partial charge in [-0.25, -0.2) is 0 Å². The molecule has 1 aromatic carbocycles. The molecule has 0 saturated carbocycles. The molecular weight excluding hydrogens is 162 g/mol. The molecule has 0 bridgehead atoms. The molecule has 70 valence electrons. The highest BCUT2D eigenvalue weighted by molar-refractivity contribution is 5.14. The average molecular weight is 177 g/mol. The Kier molecular flexibility index (Phi) is 2.62. The van der Waals surface area contributed by atoms with Crippen molar-refractivity contribution in [3.05, 3.63) is 35.9 Å². The van der Waals surface area contributed by atoms with Crippen LogP contribution in [0.4, 0.5) is 0 Å². The third kappa shape index (κ3) is 2.54. The summed E-state index contributed by atoms with van der Waals surface area (Å²) >= 11 is 0. The second kappa shape index (κ2) is 3.90. The van der Waals surface area contributed by atoms with E-state index in [-0.39, 0.29) is 0 Å². The molecule has 0 amide bonds. The fourth-order valence-electron chi connectivity index (χ4n) is 1.40. The molecule has 0 aliphatic carbocycles. The van der Waals surface area contributed by atoms with Gasteiger partial charge in [0.1, 0.15) is 6.23 Å². The maximum Gasteiger partial charge on any atom is 0.134 e. The van der Waals surface area contributed by atoms with Gasteiger partial charge in [0.25, 0.3) is 0 Å². The molecule has 2 rings (SSSR count). The van der Waals surface area contributed by atoms with Crippen LogP contribution in [-0.2, 0) is 11.2 Å². The number of nitrogens with one attached hydrogen (secondary N) is 1. The lowest BCUT2D eigenvalue weighted by Gasteiger charge is -2.00. The Morgan fingerprint density at radius 1 is 1.31 bits per heavy atom. The zero-order chi connectivity index (χ0) is 9.10. The molecule has 1 N–H and O–H groups in total. The topological polar surface area (TPSA) is 24.6 Å². The van der Waals surface area contributed by atoms with Crippen molar-refractivity contribution in [3.63, 3.8) is 0 Å². The highest BCUT2D eigenvalue weighted by atomic mass is 16.6. The number of rotatable bonds is 4. The van der Waals surface area contributed by atoms with E-state index in [2.05, 4.69) is 36.5 Å². The van der Waals surface area contributed by atoms with Crippen molar-refractivity contribution in [3.8, 4) is 0 Å². The van der Waals surface area contributed by atoms with Gasteiger partial charge in [-0.05, 0) is 18.9 Å². The van der Waals surface area contributed by atoms with E-state index < -0.39 is 0 Å². The summed E-state index contributed by atoms with van der Waals surface area (Å²) in [6.45, 7) is 3.08. The Hall–Kier alpha value is -0.860. The molecule has 13 heavy (non-hydrogen) atoms. The Labute approximate surface area is 78.9 Å². The molecule has 1 heterocycles. The van der Waals surface area contributed by atoms with Crippen LogP contribution in [0.25, 0.3) is 0 Å². The van der Waals surface area contributed by atoms with Gasteiger partial charge in [0.2, 0.25) is 0 Å². The molecule has 0 aromatic heterocycles. The van der Waals surface area contributed by atoms with Gasteiger partial charge in [-0.2, -0.15) is 0 Å². The van der Waals surface area contributed by atoms with Crippen LogP contribution in [0.2, 0.25) is 0 Å². The minimum absolute atomic E-state index is 0.309. The highest BCUT2D eigenvalue weighted by Crippen LogP contribution is 2.17. The van der Waals surface area contributed by atoms with Crippen LogP contribution in [0.1, 0.15) is 12.5 Å². The van der Waals surface area contributed by atoms with Crippen molar-refractivity contribution in [1.29, 1.82) is 0 Å². The molecule has 1 aliphatic heterocycles. The Bertz CT molecular complexity index is 260. The summed E-state index contributed by atoms with van der Waals surface area (Å²) in [5, 5.41) is 3.33. The van der Waals surface area contributed by atoms with Crippen molar-refractivity contribution in [2.24, 2.45) is 0 Å². The molecule has 1 aromatic rings. The lowest BCUT2D eigenvalue weighted by Crippen LogP contribution is -2.21. The minimum atomic E-state index is 0.309. The fraction of sp³-hybridized carbons (Fsp3) is 0.455. The monoisotopic (exact) mass is 177 g/mol. The first kappa shape index (κ1) is 8.73. The van der Waals surface area contributed by atoms with Gasteiger partial charge in [-0.3, -0.25) is 5.32 Å². The van der Waals surface area contributed by atoms with Crippen LogP contribution in [0.3, 0.4) is 0 Å². The van der Waals surface area contributed by atoms with Crippen molar-refractivity contribution in [2.75, 3.05) is 6.54 Å². The summed E-state index contributed by atoms with van der Waals surface area (Å²) in [6, 6.07) is 10.5. The van der Waals surface area contributed by atoms with Crippen LogP contribution in [0, 0.1) is 0 Å². The third-order valence-electron chi connectivity index (χ3n) is 2.31. The molecule has 1 aliphatic rings. The lowest BCUT2D eigenvalue weighted by atomic mass is 10.1. The van der Waals surface area contributed by atoms with E-state index in [4.69, 9.17) is 4.74 Å². The second-order valence-electron chi connectivity index (χ2n) is 3.45. The first-order valence-electron chi connectivity index (χ1n) is 4.79. The molecule has 2 atom stereocenters. The lowest BCUT2D eigenvalue weighted by molar-refractivity contribution is 0.351. The minimum Gasteiger partial charge on any atom is -0.354 e. The summed E-state index contributed by atoms with van der Waals surface area (Å²) in [6.07, 6.45) is 1.80. The van der Waals surface area contributed by atoms with Gasteiger partial charge in [0.05, 0.1) is 6.10 Å². The molecular formula is C11H15NO. The van der Waals surface area contributed by atoms with E-state index in [1.165, 1.54) is 5.56 Å². The van der Waals surface area contributed by atoms with Crippen LogP contribution in [0.15, 0.2) is 30.3 Å². The van der Waals surface area contributed by atoms with Crippen molar-refractivity contribution in [1.82, 2.24) is 5.32 Å². The van der Waals surface area contributed by atoms with E-state index >= 15 is 0 Å². The first-order chi connectivity index (χ1) is 6.36. The van der Waals surface area contributed by atoms with E-state index in [0.717, 1.165) is 13.0 Å². The molecule has 1 saturated heterocycles. The second-order valence-corrected chi connectivity index (χ2v) is 3.45. The quantitative estimate of drug-likeness (QED) is 0.706. The average Bonchev–Trinajstić information content (AvgIpc) is 2.84. The summed E-state index contributed by atoms with van der Waals surface area (Å²) in [7, 11) is 0. The zero-order valence-electron chi connectivity index (χ0n) is 7.86. The van der Waals surface area contributed by atoms with E-state index in [9.17, 15) is 0 Å². The van der Waals surface area contributed by atoms with E-state index in [1.807, 2.05) is 6.07 Å². The summed E-state index contributed by atoms with van der Waals surface area (Å²) in [4.78, 5) is 0. The molecule has 0 spiro atoms. The SMILES string of the molecule is CC1OC1NCCc1ccccc1. The van der Waals surface area contributed by atoms with Gasteiger partial charge in [0.15, 0.2) is 0 Å². The molecule has 2 unspecified atom stereocenters. The first-order valence-corrected chi connectivity index (χ1v) is 4.79. The number of epoxide rings is 1. The third-order valence-corrected chi connectivity index (χ3v) is 2.31. The maximum absolute atomic E-state index is 5.24. The van der Waals surface area contributed by atoms with Crippen molar-refractivity contribution in [2.45, 2.75) is 25.7 Å². The Morgan fingerprint density at radius 2 is 2.00 bits per heavy atom. The molecule has 2 nitrogen and oxygen atoms in total. The van der Waals surface area contributed by atoms with Crippen LogP contribution >= 0.6 is 0 Å². The highest BCUT2D eigenvalue weighted by Gasteiger charge is 2.32. The van der Waals surface area contributed by atoms with Crippen LogP contribution in [0.5, 0.6) is 0 Å². The predicted octanol–water partition coefficient (Wildman–Crippen LogP) is 1.56. The summed E-state index contributed by atoms with van der Waals surface area (Å²) < 4.78 is 5.24. The van der Waals surface area contributed by atoms with Gasteiger partial charge >= 0.3 is 0 Å². The summed E-state index contributed by atoms with van der Waals surface area (Å²) in [5.74, 6) is 0. The summed E-state index contributed by atoms with van der Waals surface area (Å²) in [5.41, 5.74) is 1.38. The van der Waals surface area contributed by atoms with Crippen LogP contribution in [-0.4, -0.2) is 18.9 Å². The largest absolute Gasteiger partial charge is 0.354 e. The molecule has 2 heteroatoms. The number of hydrogen-bond acceptors (Lipinski definition) is 2. The Balaban J connectivity index is 1.68. The fourth-order valence-corrected chi connectivity index (χ4v) is 1.40. The smallest absolute Gasteiger partial charge is 0.134 e. The van der Waals surface area contributed by atoms with Gasteiger partial charge in [0, 0.05) is 6.54 Å². The molecule has 0 radical (unpaired) electrons. The van der Waals surface area contributed by atoms with Gasteiger partial charge < -0.3 is 4.74 Å². The van der Waals surface area contributed by atoms with E-state index in [1.54, 1.807) is 0 Å². The molecule has 1 fully saturated rings. The Morgan fingerprint density at radius 3 is 2.62 bits per heavy atom. The van der Waals surface area contributed by atoms with Gasteiger partial charge in [-0.1, -0.05) is 30.3 Å². The number of ether oxygens (including phenoxy) is 1. The maximum atomic E-state index is 5.24. The van der Waals surface area contributed by atoms with Crippen LogP contribution < -0.4 is 5.32 Å². The predicted molar refractivity (Wildman–Crippen MR) is 52.5 cm³/mol. The number of benzene rings is 1. The zero-order valence-corrected chi connectivity index (χ0v) is 7.86. The van der Waals surface area contributed by atoms with E-state index in [0.29, 0.717) is 12.3 Å². The van der Waals surface area contributed by atoms with Crippen molar-refractivity contribution >= 4 is 0 Å². The van der Waals surface area contributed by atoms with Gasteiger partial charge in [-0.15, -0.1) is 0 Å². The standard InChI is InChI=1S/C11H15NO/c1-9-11(13-9)12-8-7-10-5-3-2-4-6-10/h2-6,9,11-12H,7-8H2,1H3.